The quantitative estimate of drug-likeness (QED) is 0.900. The Morgan fingerprint density at radius 2 is 1.92 bits per heavy atom. The van der Waals surface area contributed by atoms with Crippen molar-refractivity contribution >= 4 is 11.6 Å². The number of piperidine rings is 1. The van der Waals surface area contributed by atoms with Crippen LogP contribution in [-0.4, -0.2) is 31.0 Å². The number of ether oxygens (including phenoxy) is 1. The Morgan fingerprint density at radius 1 is 1.16 bits per heavy atom. The van der Waals surface area contributed by atoms with Crippen molar-refractivity contribution < 1.29 is 9.53 Å². The fourth-order valence-electron chi connectivity index (χ4n) is 3.37. The van der Waals surface area contributed by atoms with Gasteiger partial charge in [-0.1, -0.05) is 35.9 Å². The molecule has 0 bridgehead atoms. The van der Waals surface area contributed by atoms with Gasteiger partial charge in [0.25, 0.3) is 0 Å². The summed E-state index contributed by atoms with van der Waals surface area (Å²) in [6, 6.07) is 16.2. The van der Waals surface area contributed by atoms with E-state index < -0.39 is 0 Å². The van der Waals surface area contributed by atoms with Crippen molar-refractivity contribution in [2.24, 2.45) is 5.92 Å². The lowest BCUT2D eigenvalue weighted by Gasteiger charge is -2.31. The Kier molecular flexibility index (Phi) is 5.71. The van der Waals surface area contributed by atoms with Crippen LogP contribution in [0, 0.1) is 12.8 Å². The van der Waals surface area contributed by atoms with E-state index in [1.54, 1.807) is 7.11 Å². The van der Waals surface area contributed by atoms with Gasteiger partial charge in [-0.15, -0.1) is 0 Å². The van der Waals surface area contributed by atoms with E-state index in [1.165, 1.54) is 11.1 Å². The molecule has 132 valence electrons. The third kappa shape index (κ3) is 4.83. The topological polar surface area (TPSA) is 41.6 Å². The fraction of sp³-hybridized carbons (Fsp3) is 0.381. The molecule has 0 unspecified atom stereocenters. The maximum Gasteiger partial charge on any atom is 0.227 e. The molecule has 4 heteroatoms. The van der Waals surface area contributed by atoms with Gasteiger partial charge in [-0.25, -0.2) is 0 Å². The summed E-state index contributed by atoms with van der Waals surface area (Å²) in [7, 11) is 1.63. The Hall–Kier alpha value is -2.33. The number of rotatable bonds is 5. The van der Waals surface area contributed by atoms with Gasteiger partial charge in [0.2, 0.25) is 5.91 Å². The van der Waals surface area contributed by atoms with E-state index in [0.717, 1.165) is 43.9 Å². The molecule has 25 heavy (non-hydrogen) atoms. The van der Waals surface area contributed by atoms with Crippen LogP contribution in [0.15, 0.2) is 48.5 Å². The Labute approximate surface area is 149 Å². The van der Waals surface area contributed by atoms with Crippen molar-refractivity contribution in [1.29, 1.82) is 0 Å². The molecule has 1 aliphatic heterocycles. The molecule has 2 aromatic rings. The second-order valence-corrected chi connectivity index (χ2v) is 6.76. The molecule has 4 nitrogen and oxygen atoms in total. The van der Waals surface area contributed by atoms with Gasteiger partial charge < -0.3 is 10.1 Å². The Balaban J connectivity index is 1.50. The number of aryl methyl sites for hydroxylation is 1. The van der Waals surface area contributed by atoms with E-state index in [0.29, 0.717) is 0 Å². The molecule has 0 saturated carbocycles. The third-order valence-corrected chi connectivity index (χ3v) is 4.78. The first-order valence-corrected chi connectivity index (χ1v) is 8.87. The summed E-state index contributed by atoms with van der Waals surface area (Å²) in [5, 5.41) is 3.02. The molecule has 0 atom stereocenters. The number of likely N-dealkylation sites (tertiary alicyclic amines) is 1. The van der Waals surface area contributed by atoms with E-state index in [-0.39, 0.29) is 11.8 Å². The first-order valence-electron chi connectivity index (χ1n) is 8.87. The molecule has 0 aromatic heterocycles. The van der Waals surface area contributed by atoms with Crippen LogP contribution in [0.3, 0.4) is 0 Å². The Bertz CT molecular complexity index is 721. The first kappa shape index (κ1) is 17.5. The average Bonchev–Trinajstić information content (AvgIpc) is 2.62. The lowest BCUT2D eigenvalue weighted by atomic mass is 9.95. The van der Waals surface area contributed by atoms with Crippen LogP contribution in [0.5, 0.6) is 5.75 Å². The molecule has 0 spiro atoms. The van der Waals surface area contributed by atoms with Crippen LogP contribution in [-0.2, 0) is 11.3 Å². The van der Waals surface area contributed by atoms with Gasteiger partial charge in [-0.05, 0) is 50.6 Å². The number of carbonyl (C=O) groups excluding carboxylic acids is 1. The lowest BCUT2D eigenvalue weighted by Crippen LogP contribution is -2.37. The minimum atomic E-state index is 0.0833. The highest BCUT2D eigenvalue weighted by Gasteiger charge is 2.25. The number of nitrogens with one attached hydrogen (secondary N) is 1. The van der Waals surface area contributed by atoms with Gasteiger partial charge in [0.15, 0.2) is 0 Å². The Morgan fingerprint density at radius 3 is 2.64 bits per heavy atom. The van der Waals surface area contributed by atoms with Gasteiger partial charge in [0.1, 0.15) is 5.75 Å². The van der Waals surface area contributed by atoms with Crippen LogP contribution < -0.4 is 10.1 Å². The van der Waals surface area contributed by atoms with Crippen LogP contribution >= 0.6 is 0 Å². The van der Waals surface area contributed by atoms with E-state index in [9.17, 15) is 4.79 Å². The molecule has 1 saturated heterocycles. The van der Waals surface area contributed by atoms with E-state index in [1.807, 2.05) is 24.3 Å². The molecule has 0 aliphatic carbocycles. The number of carbonyl (C=O) groups is 1. The van der Waals surface area contributed by atoms with Crippen molar-refractivity contribution in [2.45, 2.75) is 26.3 Å². The fourth-order valence-corrected chi connectivity index (χ4v) is 3.37. The van der Waals surface area contributed by atoms with E-state index in [2.05, 4.69) is 41.4 Å². The minimum Gasteiger partial charge on any atom is -0.497 e. The first-order chi connectivity index (χ1) is 12.1. The second kappa shape index (κ2) is 8.17. The number of hydrogen-bond acceptors (Lipinski definition) is 3. The van der Waals surface area contributed by atoms with Gasteiger partial charge in [0.05, 0.1) is 7.11 Å². The zero-order valence-electron chi connectivity index (χ0n) is 15.0. The maximum absolute atomic E-state index is 12.5. The van der Waals surface area contributed by atoms with Gasteiger partial charge in [0, 0.05) is 24.2 Å². The van der Waals surface area contributed by atoms with Crippen molar-refractivity contribution in [3.05, 3.63) is 59.7 Å². The van der Waals surface area contributed by atoms with Gasteiger partial charge >= 0.3 is 0 Å². The molecule has 1 amide bonds. The number of amides is 1. The van der Waals surface area contributed by atoms with Gasteiger partial charge in [-0.3, -0.25) is 9.69 Å². The normalized spacial score (nSPS) is 15.8. The largest absolute Gasteiger partial charge is 0.497 e. The summed E-state index contributed by atoms with van der Waals surface area (Å²) < 4.78 is 5.20. The van der Waals surface area contributed by atoms with Crippen molar-refractivity contribution in [2.75, 3.05) is 25.5 Å². The number of anilines is 1. The number of benzene rings is 2. The van der Waals surface area contributed by atoms with Crippen molar-refractivity contribution in [1.82, 2.24) is 4.90 Å². The smallest absolute Gasteiger partial charge is 0.227 e. The van der Waals surface area contributed by atoms with Crippen molar-refractivity contribution in [3.63, 3.8) is 0 Å². The summed E-state index contributed by atoms with van der Waals surface area (Å²) in [5.41, 5.74) is 3.44. The molecular formula is C21H26N2O2. The van der Waals surface area contributed by atoms with Gasteiger partial charge in [-0.2, -0.15) is 0 Å². The number of methoxy groups -OCH3 is 1. The van der Waals surface area contributed by atoms with Crippen LogP contribution in [0.2, 0.25) is 0 Å². The molecule has 2 aromatic carbocycles. The summed E-state index contributed by atoms with van der Waals surface area (Å²) in [5.74, 6) is 0.953. The molecular weight excluding hydrogens is 312 g/mol. The molecule has 1 heterocycles. The molecule has 1 aliphatic rings. The predicted octanol–water partition coefficient (Wildman–Crippen LogP) is 3.85. The molecule has 1 N–H and O–H groups in total. The number of nitrogens with zero attached hydrogens (tertiary/aromatic N) is 1. The average molecular weight is 338 g/mol. The number of hydrogen-bond donors (Lipinski definition) is 1. The highest BCUT2D eigenvalue weighted by atomic mass is 16.5. The van der Waals surface area contributed by atoms with Crippen molar-refractivity contribution in [3.8, 4) is 5.75 Å². The van der Waals surface area contributed by atoms with E-state index in [4.69, 9.17) is 4.74 Å². The lowest BCUT2D eigenvalue weighted by molar-refractivity contribution is -0.121. The highest BCUT2D eigenvalue weighted by molar-refractivity contribution is 5.92. The zero-order valence-corrected chi connectivity index (χ0v) is 15.0. The second-order valence-electron chi connectivity index (χ2n) is 6.76. The zero-order chi connectivity index (χ0) is 17.6. The third-order valence-electron chi connectivity index (χ3n) is 4.78. The molecule has 1 fully saturated rings. The summed E-state index contributed by atoms with van der Waals surface area (Å²) >= 11 is 0. The minimum absolute atomic E-state index is 0.0833. The SMILES string of the molecule is COc1cccc(NC(=O)C2CCN(Cc3cccc(C)c3)CC2)c1. The van der Waals surface area contributed by atoms with Crippen LogP contribution in [0.25, 0.3) is 0 Å². The molecule has 3 rings (SSSR count). The van der Waals surface area contributed by atoms with Crippen LogP contribution in [0.1, 0.15) is 24.0 Å². The summed E-state index contributed by atoms with van der Waals surface area (Å²) in [6.45, 7) is 5.01. The highest BCUT2D eigenvalue weighted by Crippen LogP contribution is 2.22. The monoisotopic (exact) mass is 338 g/mol. The molecule has 0 radical (unpaired) electrons. The van der Waals surface area contributed by atoms with E-state index >= 15 is 0 Å². The van der Waals surface area contributed by atoms with Crippen LogP contribution in [0.4, 0.5) is 5.69 Å². The summed E-state index contributed by atoms with van der Waals surface area (Å²) in [6.07, 6.45) is 1.81. The standard InChI is InChI=1S/C21H26N2O2/c1-16-5-3-6-17(13-16)15-23-11-9-18(10-12-23)21(24)22-19-7-4-8-20(14-19)25-2/h3-8,13-14,18H,9-12,15H2,1-2H3,(H,22,24). The summed E-state index contributed by atoms with van der Waals surface area (Å²) in [4.78, 5) is 14.9. The predicted molar refractivity (Wildman–Crippen MR) is 101 cm³/mol. The maximum atomic E-state index is 12.5.